The number of phenolic OH excluding ortho intramolecular Hbond substituents is 1. The van der Waals surface area contributed by atoms with E-state index in [1.54, 1.807) is 30.3 Å². The highest BCUT2D eigenvalue weighted by Gasteiger charge is 2.19. The van der Waals surface area contributed by atoms with Gasteiger partial charge in [-0.2, -0.15) is 0 Å². The molecule has 0 aliphatic rings. The first-order valence-corrected chi connectivity index (χ1v) is 11.9. The van der Waals surface area contributed by atoms with Crippen molar-refractivity contribution in [2.45, 2.75) is 28.0 Å². The van der Waals surface area contributed by atoms with Crippen LogP contribution >= 0.6 is 11.8 Å². The van der Waals surface area contributed by atoms with Crippen LogP contribution in [0.1, 0.15) is 12.5 Å². The molecule has 4 aromatic carbocycles. The van der Waals surface area contributed by atoms with Crippen LogP contribution < -0.4 is 4.72 Å². The lowest BCUT2D eigenvalue weighted by atomic mass is 10.1. The molecule has 0 amide bonds. The van der Waals surface area contributed by atoms with E-state index in [1.807, 2.05) is 61.5 Å². The van der Waals surface area contributed by atoms with Crippen LogP contribution in [-0.2, 0) is 16.4 Å². The highest BCUT2D eigenvalue weighted by molar-refractivity contribution is 7.99. The Bertz CT molecular complexity index is 1290. The molecule has 0 aromatic heterocycles. The molecule has 0 saturated carbocycles. The first-order chi connectivity index (χ1) is 14.5. The van der Waals surface area contributed by atoms with Gasteiger partial charge in [0.2, 0.25) is 0 Å². The number of nitrogens with one attached hydrogen (secondary N) is 1. The number of hydrogen-bond donors (Lipinski definition) is 2. The van der Waals surface area contributed by atoms with Crippen molar-refractivity contribution in [2.75, 3.05) is 4.72 Å². The number of sulfonamides is 1. The zero-order chi connectivity index (χ0) is 21.1. The summed E-state index contributed by atoms with van der Waals surface area (Å²) in [5.74, 6) is 0.134. The van der Waals surface area contributed by atoms with E-state index >= 15 is 0 Å². The van der Waals surface area contributed by atoms with Crippen molar-refractivity contribution in [1.82, 2.24) is 0 Å². The summed E-state index contributed by atoms with van der Waals surface area (Å²) in [4.78, 5) is 1.74. The highest BCUT2D eigenvalue weighted by atomic mass is 32.2. The van der Waals surface area contributed by atoms with Crippen LogP contribution in [0.5, 0.6) is 5.75 Å². The van der Waals surface area contributed by atoms with E-state index in [1.165, 1.54) is 11.8 Å². The van der Waals surface area contributed by atoms with Crippen molar-refractivity contribution in [3.63, 3.8) is 0 Å². The maximum Gasteiger partial charge on any atom is 0.261 e. The number of aryl methyl sites for hydroxylation is 1. The second-order valence-corrected chi connectivity index (χ2v) is 9.63. The lowest BCUT2D eigenvalue weighted by Gasteiger charge is -2.15. The molecule has 0 unspecified atom stereocenters. The van der Waals surface area contributed by atoms with Crippen LogP contribution in [-0.4, -0.2) is 13.5 Å². The topological polar surface area (TPSA) is 66.4 Å². The summed E-state index contributed by atoms with van der Waals surface area (Å²) in [7, 11) is -3.77. The molecule has 4 rings (SSSR count). The lowest BCUT2D eigenvalue weighted by Crippen LogP contribution is -2.13. The third-order valence-corrected chi connectivity index (χ3v) is 7.26. The van der Waals surface area contributed by atoms with Gasteiger partial charge in [-0.25, -0.2) is 8.42 Å². The molecule has 0 aliphatic carbocycles. The molecule has 0 bridgehead atoms. The van der Waals surface area contributed by atoms with Gasteiger partial charge in [0.25, 0.3) is 10.0 Å². The summed E-state index contributed by atoms with van der Waals surface area (Å²) in [5, 5.41) is 12.0. The van der Waals surface area contributed by atoms with E-state index < -0.39 is 10.0 Å². The van der Waals surface area contributed by atoms with Crippen LogP contribution in [0.2, 0.25) is 0 Å². The predicted octanol–water partition coefficient (Wildman–Crippen LogP) is 6.06. The van der Waals surface area contributed by atoms with Crippen molar-refractivity contribution in [2.24, 2.45) is 0 Å². The number of aromatic hydroxyl groups is 1. The van der Waals surface area contributed by atoms with E-state index in [9.17, 15) is 13.5 Å². The minimum Gasteiger partial charge on any atom is -0.506 e. The predicted molar refractivity (Wildman–Crippen MR) is 123 cm³/mol. The third-order valence-electron chi connectivity index (χ3n) is 4.84. The summed E-state index contributed by atoms with van der Waals surface area (Å²) < 4.78 is 28.8. The molecule has 4 nitrogen and oxygen atoms in total. The summed E-state index contributed by atoms with van der Waals surface area (Å²) >= 11 is 1.39. The third kappa shape index (κ3) is 4.15. The quantitative estimate of drug-likeness (QED) is 0.361. The Balaban J connectivity index is 1.78. The normalized spacial score (nSPS) is 11.5. The van der Waals surface area contributed by atoms with Crippen molar-refractivity contribution < 1.29 is 13.5 Å². The highest BCUT2D eigenvalue weighted by Crippen LogP contribution is 2.42. The Labute approximate surface area is 180 Å². The summed E-state index contributed by atoms with van der Waals surface area (Å²) in [6.45, 7) is 2.02. The molecule has 0 radical (unpaired) electrons. The maximum absolute atomic E-state index is 13.0. The number of hydrogen-bond acceptors (Lipinski definition) is 4. The standard InChI is InChI=1S/C24H21NO3S2/c1-2-17-12-14-19(15-13-17)30(27,28)25-22-16-23(29-18-8-4-3-5-9-18)24(26)21-11-7-6-10-20(21)22/h3-16,25-26H,2H2,1H3. The van der Waals surface area contributed by atoms with Gasteiger partial charge in [0.05, 0.1) is 15.5 Å². The second kappa shape index (κ2) is 8.42. The van der Waals surface area contributed by atoms with E-state index in [4.69, 9.17) is 0 Å². The average molecular weight is 436 g/mol. The van der Waals surface area contributed by atoms with Gasteiger partial charge in [-0.3, -0.25) is 4.72 Å². The van der Waals surface area contributed by atoms with Crippen LogP contribution in [0.4, 0.5) is 5.69 Å². The molecule has 2 N–H and O–H groups in total. The Morgan fingerprint density at radius 3 is 2.17 bits per heavy atom. The van der Waals surface area contributed by atoms with Gasteiger partial charge >= 0.3 is 0 Å². The van der Waals surface area contributed by atoms with Crippen LogP contribution in [0.25, 0.3) is 10.8 Å². The van der Waals surface area contributed by atoms with Crippen molar-refractivity contribution in [3.8, 4) is 5.75 Å². The molecule has 0 aliphatic heterocycles. The van der Waals surface area contributed by atoms with Crippen molar-refractivity contribution >= 4 is 38.2 Å². The number of phenols is 1. The van der Waals surface area contributed by atoms with Gasteiger partial charge in [0.15, 0.2) is 0 Å². The molecule has 6 heteroatoms. The van der Waals surface area contributed by atoms with Gasteiger partial charge < -0.3 is 5.11 Å². The molecule has 0 spiro atoms. The van der Waals surface area contributed by atoms with Crippen LogP contribution in [0, 0.1) is 0 Å². The first-order valence-electron chi connectivity index (χ1n) is 9.57. The van der Waals surface area contributed by atoms with Gasteiger partial charge in [-0.1, -0.05) is 73.3 Å². The van der Waals surface area contributed by atoms with Gasteiger partial charge in [0, 0.05) is 15.7 Å². The van der Waals surface area contributed by atoms with E-state index in [-0.39, 0.29) is 10.6 Å². The maximum atomic E-state index is 13.0. The summed E-state index contributed by atoms with van der Waals surface area (Å²) in [6, 6.07) is 25.4. The molecule has 30 heavy (non-hydrogen) atoms. The molecule has 0 fully saturated rings. The fourth-order valence-electron chi connectivity index (χ4n) is 3.22. The Morgan fingerprint density at radius 1 is 0.867 bits per heavy atom. The molecule has 152 valence electrons. The van der Waals surface area contributed by atoms with Crippen molar-refractivity contribution in [3.05, 3.63) is 90.5 Å². The fourth-order valence-corrected chi connectivity index (χ4v) is 5.22. The fraction of sp³-hybridized carbons (Fsp3) is 0.0833. The zero-order valence-electron chi connectivity index (χ0n) is 16.4. The van der Waals surface area contributed by atoms with E-state index in [0.717, 1.165) is 16.9 Å². The minimum absolute atomic E-state index is 0.134. The molecule has 0 atom stereocenters. The smallest absolute Gasteiger partial charge is 0.261 e. The molecule has 0 heterocycles. The number of fused-ring (bicyclic) bond motifs is 1. The molecular formula is C24H21NO3S2. The van der Waals surface area contributed by atoms with Gasteiger partial charge in [-0.15, -0.1) is 0 Å². The zero-order valence-corrected chi connectivity index (χ0v) is 18.0. The Hall–Kier alpha value is -2.96. The van der Waals surface area contributed by atoms with Crippen molar-refractivity contribution in [1.29, 1.82) is 0 Å². The molecular weight excluding hydrogens is 414 g/mol. The molecule has 4 aromatic rings. The van der Waals surface area contributed by atoms with Gasteiger partial charge in [-0.05, 0) is 42.3 Å². The van der Waals surface area contributed by atoms with Crippen LogP contribution in [0.3, 0.4) is 0 Å². The largest absolute Gasteiger partial charge is 0.506 e. The second-order valence-electron chi connectivity index (χ2n) is 6.83. The first kappa shape index (κ1) is 20.3. The van der Waals surface area contributed by atoms with Gasteiger partial charge in [0.1, 0.15) is 5.75 Å². The SMILES string of the molecule is CCc1ccc(S(=O)(=O)Nc2cc(Sc3ccccc3)c(O)c3ccccc23)cc1. The average Bonchev–Trinajstić information content (AvgIpc) is 2.77. The van der Waals surface area contributed by atoms with Crippen LogP contribution in [0.15, 0.2) is 99.6 Å². The Morgan fingerprint density at radius 2 is 1.50 bits per heavy atom. The summed E-state index contributed by atoms with van der Waals surface area (Å²) in [6.07, 6.45) is 0.844. The summed E-state index contributed by atoms with van der Waals surface area (Å²) in [5.41, 5.74) is 1.51. The van der Waals surface area contributed by atoms with E-state index in [0.29, 0.717) is 21.4 Å². The van der Waals surface area contributed by atoms with E-state index in [2.05, 4.69) is 4.72 Å². The number of anilines is 1. The molecule has 0 saturated heterocycles. The number of rotatable bonds is 6. The number of benzene rings is 4. The minimum atomic E-state index is -3.77. The monoisotopic (exact) mass is 435 g/mol. The lowest BCUT2D eigenvalue weighted by molar-refractivity contribution is 0.469. The Kier molecular flexibility index (Phi) is 5.70.